The Kier molecular flexibility index (Phi) is 13.4. The number of hydrogen-bond donors (Lipinski definition) is 1. The third-order valence-electron chi connectivity index (χ3n) is 2.75. The third-order valence-corrected chi connectivity index (χ3v) is 3.85. The molecule has 0 amide bonds. The molecule has 2 aromatic carbocycles. The van der Waals surface area contributed by atoms with Gasteiger partial charge in [-0.05, 0) is 25.1 Å². The number of allylic oxidation sites excluding steroid dienone is 4. The van der Waals surface area contributed by atoms with E-state index in [-0.39, 0.29) is 31.9 Å². The fourth-order valence-corrected chi connectivity index (χ4v) is 2.58. The number of aryl methyl sites for hydroxylation is 1. The summed E-state index contributed by atoms with van der Waals surface area (Å²) in [5.74, 6) is 0. The zero-order valence-electron chi connectivity index (χ0n) is 13.7. The molecule has 0 bridgehead atoms. The minimum atomic E-state index is 0. The molecular formula is C20H23FeOS. The molecule has 3 rings (SSSR count). The van der Waals surface area contributed by atoms with Gasteiger partial charge in [-0.15, -0.1) is 0 Å². The molecule has 123 valence electrons. The second kappa shape index (κ2) is 12.9. The summed E-state index contributed by atoms with van der Waals surface area (Å²) in [5, 5.41) is 8.99. The smallest absolute Gasteiger partial charge is 0.515 e. The van der Waals surface area contributed by atoms with Gasteiger partial charge in [-0.1, -0.05) is 41.6 Å². The molecule has 1 radical (unpaired) electrons. The molecule has 1 nitrogen and oxygen atoms in total. The van der Waals surface area contributed by atoms with Crippen molar-refractivity contribution in [3.63, 3.8) is 0 Å². The van der Waals surface area contributed by atoms with Crippen molar-refractivity contribution in [2.75, 3.05) is 0 Å². The molecule has 23 heavy (non-hydrogen) atoms. The van der Waals surface area contributed by atoms with Crippen LogP contribution in [0.25, 0.3) is 0 Å². The van der Waals surface area contributed by atoms with Gasteiger partial charge in [-0.3, -0.25) is 0 Å². The Morgan fingerprint density at radius 2 is 1.65 bits per heavy atom. The second-order valence-electron chi connectivity index (χ2n) is 4.35. The van der Waals surface area contributed by atoms with Crippen molar-refractivity contribution in [2.24, 2.45) is 0 Å². The number of rotatable bonds is 2. The Morgan fingerprint density at radius 1 is 1.04 bits per heavy atom. The minimum absolute atomic E-state index is 0. The molecule has 3 heteroatoms. The summed E-state index contributed by atoms with van der Waals surface area (Å²) in [6.45, 7) is 2.07. The molecule has 0 unspecified atom stereocenters. The monoisotopic (exact) mass is 367 g/mol. The van der Waals surface area contributed by atoms with Gasteiger partial charge in [0.1, 0.15) is 0 Å². The van der Waals surface area contributed by atoms with Crippen LogP contribution in [0.3, 0.4) is 0 Å². The molecule has 1 aliphatic carbocycles. The van der Waals surface area contributed by atoms with Crippen molar-refractivity contribution in [2.45, 2.75) is 11.8 Å². The maximum absolute atomic E-state index is 8.99. The maximum atomic E-state index is 8.99. The van der Waals surface area contributed by atoms with E-state index in [4.69, 9.17) is 5.11 Å². The number of thioether (sulfide) groups is 1. The van der Waals surface area contributed by atoms with E-state index in [0.717, 1.165) is 16.7 Å². The van der Waals surface area contributed by atoms with E-state index in [2.05, 4.69) is 31.2 Å². The predicted molar refractivity (Wildman–Crippen MR) is 99.8 cm³/mol. The van der Waals surface area contributed by atoms with E-state index < -0.39 is 0 Å². The van der Waals surface area contributed by atoms with E-state index in [1.807, 2.05) is 48.6 Å². The van der Waals surface area contributed by atoms with Gasteiger partial charge in [0.05, 0.1) is 6.26 Å². The van der Waals surface area contributed by atoms with Crippen LogP contribution < -0.4 is 0 Å². The summed E-state index contributed by atoms with van der Waals surface area (Å²) in [7, 11) is 0. The Balaban J connectivity index is 0. The fourth-order valence-electron chi connectivity index (χ4n) is 1.67. The molecule has 0 heterocycles. The quantitative estimate of drug-likeness (QED) is 0.383. The van der Waals surface area contributed by atoms with Gasteiger partial charge in [0.15, 0.2) is 0 Å². The van der Waals surface area contributed by atoms with Crippen LogP contribution in [0.1, 0.15) is 5.56 Å². The van der Waals surface area contributed by atoms with Gasteiger partial charge in [-0.2, -0.15) is 18.2 Å². The van der Waals surface area contributed by atoms with Crippen LogP contribution >= 0.6 is 11.8 Å². The number of aliphatic hydroxyl groups is 1. The van der Waals surface area contributed by atoms with Crippen LogP contribution in [0.4, 0.5) is 0 Å². The van der Waals surface area contributed by atoms with E-state index in [0.29, 0.717) is 0 Å². The van der Waals surface area contributed by atoms with Crippen molar-refractivity contribution >= 4 is 11.8 Å². The first-order valence-corrected chi connectivity index (χ1v) is 7.25. The van der Waals surface area contributed by atoms with Crippen LogP contribution in [-0.4, -0.2) is 5.11 Å². The zero-order chi connectivity index (χ0) is 14.2. The molecule has 0 aliphatic heterocycles. The maximum Gasteiger partial charge on any atom is 3.00 e. The molecular weight excluding hydrogens is 344 g/mol. The molecule has 2 aromatic rings. The van der Waals surface area contributed by atoms with Gasteiger partial charge in [0.2, 0.25) is 0 Å². The Morgan fingerprint density at radius 3 is 2.13 bits per heavy atom. The average molecular weight is 367 g/mol. The molecule has 0 aromatic heterocycles. The van der Waals surface area contributed by atoms with Gasteiger partial charge in [-0.25, -0.2) is 12.1 Å². The summed E-state index contributed by atoms with van der Waals surface area (Å²) >= 11 is 1.66. The Labute approximate surface area is 155 Å². The fraction of sp³-hybridized carbons (Fsp3) is 0.0500. The number of benzene rings is 1. The first-order chi connectivity index (χ1) is 9.79. The van der Waals surface area contributed by atoms with Gasteiger partial charge in [0, 0.05) is 15.4 Å². The van der Waals surface area contributed by atoms with Crippen LogP contribution in [0, 0.1) is 21.8 Å². The topological polar surface area (TPSA) is 20.2 Å². The second-order valence-corrected chi connectivity index (χ2v) is 5.47. The SMILES string of the molecule is Cc1ccc(SC2=CC=C/C2=C\O)cc1.[CH3-].[CH3-].[Fe+3].c1cc[cH-]c1. The van der Waals surface area contributed by atoms with Gasteiger partial charge in [0.25, 0.3) is 0 Å². The van der Waals surface area contributed by atoms with Crippen LogP contribution in [0.15, 0.2) is 94.5 Å². The largest absolute Gasteiger partial charge is 3.00 e. The normalized spacial score (nSPS) is 12.9. The average Bonchev–Trinajstić information content (AvgIpc) is 3.15. The van der Waals surface area contributed by atoms with Crippen molar-refractivity contribution in [3.05, 3.63) is 110 Å². The third kappa shape index (κ3) is 8.03. The summed E-state index contributed by atoms with van der Waals surface area (Å²) in [4.78, 5) is 2.27. The molecule has 0 saturated carbocycles. The van der Waals surface area contributed by atoms with E-state index in [9.17, 15) is 0 Å². The summed E-state index contributed by atoms with van der Waals surface area (Å²) in [5.41, 5.74) is 2.14. The van der Waals surface area contributed by atoms with Crippen LogP contribution in [-0.2, 0) is 17.1 Å². The van der Waals surface area contributed by atoms with Crippen LogP contribution in [0.2, 0.25) is 0 Å². The molecule has 0 spiro atoms. The Bertz CT molecular complexity index is 590. The molecule has 0 saturated heterocycles. The summed E-state index contributed by atoms with van der Waals surface area (Å²) in [6.07, 6.45) is 7.00. The summed E-state index contributed by atoms with van der Waals surface area (Å²) < 4.78 is 0. The van der Waals surface area contributed by atoms with Crippen molar-refractivity contribution in [1.82, 2.24) is 0 Å². The first-order valence-electron chi connectivity index (χ1n) is 6.44. The van der Waals surface area contributed by atoms with E-state index in [1.54, 1.807) is 11.8 Å². The van der Waals surface area contributed by atoms with Crippen molar-refractivity contribution in [3.8, 4) is 0 Å². The van der Waals surface area contributed by atoms with Crippen LogP contribution in [0.5, 0.6) is 0 Å². The minimum Gasteiger partial charge on any atom is -0.515 e. The first kappa shape index (κ1) is 23.7. The predicted octanol–water partition coefficient (Wildman–Crippen LogP) is 6.29. The molecule has 0 fully saturated rings. The molecule has 0 atom stereocenters. The van der Waals surface area contributed by atoms with Crippen molar-refractivity contribution in [1.29, 1.82) is 0 Å². The van der Waals surface area contributed by atoms with Gasteiger partial charge >= 0.3 is 17.1 Å². The number of hydrogen-bond acceptors (Lipinski definition) is 2. The zero-order valence-corrected chi connectivity index (χ0v) is 15.6. The Hall–Kier alpha value is -1.54. The molecule has 1 N–H and O–H groups in total. The van der Waals surface area contributed by atoms with Crippen molar-refractivity contribution < 1.29 is 22.2 Å². The summed E-state index contributed by atoms with van der Waals surface area (Å²) in [6, 6.07) is 18.4. The standard InChI is InChI=1S/C13H12OS.C5H5.2CH3.Fe/c1-10-5-7-12(8-6-10)15-13-4-2-3-11(13)9-14;1-2-4-5-3-1;;;/h2-9,14H,1H3;1-5H;2*1H3;/q;3*-1;+3/b11-9+;;;;. The van der Waals surface area contributed by atoms with Gasteiger partial charge < -0.3 is 20.0 Å². The van der Waals surface area contributed by atoms with E-state index in [1.165, 1.54) is 10.5 Å². The van der Waals surface area contributed by atoms with E-state index >= 15 is 0 Å². The number of aliphatic hydroxyl groups excluding tert-OH is 1. The molecule has 1 aliphatic rings.